The Morgan fingerprint density at radius 3 is 2.64 bits per heavy atom. The number of carbonyl (C=O) groups excluding carboxylic acids is 1. The molecule has 0 aromatic heterocycles. The second kappa shape index (κ2) is 5.41. The fraction of sp³-hybridized carbons (Fsp3) is 0.462. The maximum absolute atomic E-state index is 12.6. The molecule has 22 heavy (non-hydrogen) atoms. The molecule has 0 unspecified atom stereocenters. The number of ether oxygens (including phenoxy) is 2. The number of aliphatic hydroxyl groups is 1. The maximum atomic E-state index is 12.6. The molecule has 2 atom stereocenters. The fourth-order valence-corrected chi connectivity index (χ4v) is 4.23. The van der Waals surface area contributed by atoms with Gasteiger partial charge in [-0.2, -0.15) is 4.31 Å². The highest BCUT2D eigenvalue weighted by atomic mass is 32.2. The van der Waals surface area contributed by atoms with Gasteiger partial charge in [-0.25, -0.2) is 8.42 Å². The second-order valence-electron chi connectivity index (χ2n) is 5.10. The van der Waals surface area contributed by atoms with Crippen LogP contribution in [0.5, 0.6) is 11.5 Å². The summed E-state index contributed by atoms with van der Waals surface area (Å²) >= 11 is 0. The van der Waals surface area contributed by atoms with Gasteiger partial charge in [-0.1, -0.05) is 0 Å². The predicted octanol–water partition coefficient (Wildman–Crippen LogP) is -1.67. The molecule has 0 bridgehead atoms. The van der Waals surface area contributed by atoms with Gasteiger partial charge >= 0.3 is 0 Å². The Kier molecular flexibility index (Phi) is 3.71. The van der Waals surface area contributed by atoms with E-state index in [0.717, 1.165) is 4.31 Å². The van der Waals surface area contributed by atoms with Crippen molar-refractivity contribution >= 4 is 16.0 Å². The van der Waals surface area contributed by atoms with E-state index in [-0.39, 0.29) is 23.6 Å². The van der Waals surface area contributed by atoms with E-state index in [0.29, 0.717) is 19.0 Å². The number of carbonyl (C=O) groups is 1. The summed E-state index contributed by atoms with van der Waals surface area (Å²) in [5, 5.41) is 20.7. The van der Waals surface area contributed by atoms with Gasteiger partial charge in [0.25, 0.3) is 0 Å². The average Bonchev–Trinajstić information content (AvgIpc) is 2.90. The third-order valence-corrected chi connectivity index (χ3v) is 5.50. The lowest BCUT2D eigenvalue weighted by Crippen LogP contribution is -2.46. The van der Waals surface area contributed by atoms with E-state index in [2.05, 4.69) is 0 Å². The zero-order valence-corrected chi connectivity index (χ0v) is 12.3. The standard InChI is InChI=1S/C13H15NO7S/c15-8-5-10(13(16)17)14(7-8)22(18,19)9-1-2-11-12(6-9)21-4-3-20-11/h1-2,6,8,10,15H,3-5,7H2,(H,16,17)/p-1/t8-,10+/m1/s1. The number of carboxylic acids is 1. The minimum Gasteiger partial charge on any atom is -0.548 e. The van der Waals surface area contributed by atoms with Crippen molar-refractivity contribution in [3.8, 4) is 11.5 Å². The Labute approximate surface area is 126 Å². The van der Waals surface area contributed by atoms with Gasteiger partial charge in [0, 0.05) is 12.6 Å². The van der Waals surface area contributed by atoms with Crippen LogP contribution in [0.15, 0.2) is 23.1 Å². The molecule has 2 aliphatic heterocycles. The molecule has 1 aromatic carbocycles. The minimum absolute atomic E-state index is 0.114. The van der Waals surface area contributed by atoms with Crippen molar-refractivity contribution in [3.05, 3.63) is 18.2 Å². The Morgan fingerprint density at radius 2 is 1.95 bits per heavy atom. The molecule has 1 N–H and O–H groups in total. The molecule has 1 saturated heterocycles. The lowest BCUT2D eigenvalue weighted by atomic mass is 10.2. The van der Waals surface area contributed by atoms with Crippen LogP contribution in [0.1, 0.15) is 6.42 Å². The summed E-state index contributed by atoms with van der Waals surface area (Å²) in [6.07, 6.45) is -1.22. The van der Waals surface area contributed by atoms with E-state index in [4.69, 9.17) is 9.47 Å². The highest BCUT2D eigenvalue weighted by molar-refractivity contribution is 7.89. The van der Waals surface area contributed by atoms with Crippen LogP contribution in [-0.2, 0) is 14.8 Å². The lowest BCUT2D eigenvalue weighted by molar-refractivity contribution is -0.309. The van der Waals surface area contributed by atoms with Crippen LogP contribution in [0.4, 0.5) is 0 Å². The number of fused-ring (bicyclic) bond motifs is 1. The molecule has 3 rings (SSSR count). The third-order valence-electron chi connectivity index (χ3n) is 3.63. The molecule has 1 aromatic rings. The van der Waals surface area contributed by atoms with E-state index < -0.39 is 28.1 Å². The van der Waals surface area contributed by atoms with Gasteiger partial charge in [-0.3, -0.25) is 0 Å². The second-order valence-corrected chi connectivity index (χ2v) is 7.00. The molecular formula is C13H14NO7S-. The molecule has 8 nitrogen and oxygen atoms in total. The first-order chi connectivity index (χ1) is 10.4. The van der Waals surface area contributed by atoms with Crippen LogP contribution >= 0.6 is 0 Å². The molecule has 2 heterocycles. The quantitative estimate of drug-likeness (QED) is 0.705. The number of sulfonamides is 1. The topological polar surface area (TPSA) is 116 Å². The van der Waals surface area contributed by atoms with Crippen molar-refractivity contribution in [3.63, 3.8) is 0 Å². The summed E-state index contributed by atoms with van der Waals surface area (Å²) in [6.45, 7) is 0.403. The van der Waals surface area contributed by atoms with Gasteiger partial charge in [0.05, 0.1) is 23.0 Å². The summed E-state index contributed by atoms with van der Waals surface area (Å²) in [7, 11) is -4.08. The van der Waals surface area contributed by atoms with Gasteiger partial charge in [0.15, 0.2) is 11.5 Å². The zero-order chi connectivity index (χ0) is 15.9. The molecule has 9 heteroatoms. The van der Waals surface area contributed by atoms with Gasteiger partial charge in [-0.05, 0) is 18.6 Å². The maximum Gasteiger partial charge on any atom is 0.243 e. The number of nitrogens with zero attached hydrogens (tertiary/aromatic N) is 1. The minimum atomic E-state index is -4.08. The third kappa shape index (κ3) is 2.51. The number of β-amino-alcohol motifs (C(OH)–C–C–N with tert-alkyl or cyclic N) is 1. The van der Waals surface area contributed by atoms with Gasteiger partial charge in [0.2, 0.25) is 10.0 Å². The molecule has 0 aliphatic carbocycles. The van der Waals surface area contributed by atoms with Crippen LogP contribution in [-0.4, -0.2) is 55.7 Å². The highest BCUT2D eigenvalue weighted by Gasteiger charge is 2.40. The number of aliphatic carboxylic acids is 1. The summed E-state index contributed by atoms with van der Waals surface area (Å²) in [4.78, 5) is 11.0. The molecule has 0 radical (unpaired) electrons. The zero-order valence-electron chi connectivity index (χ0n) is 11.5. The van der Waals surface area contributed by atoms with Crippen molar-refractivity contribution in [2.75, 3.05) is 19.8 Å². The lowest BCUT2D eigenvalue weighted by Gasteiger charge is -2.25. The van der Waals surface area contributed by atoms with Crippen LogP contribution in [0.3, 0.4) is 0 Å². The van der Waals surface area contributed by atoms with E-state index in [1.54, 1.807) is 0 Å². The van der Waals surface area contributed by atoms with E-state index in [1.807, 2.05) is 0 Å². The largest absolute Gasteiger partial charge is 0.548 e. The molecule has 120 valence electrons. The van der Waals surface area contributed by atoms with E-state index >= 15 is 0 Å². The van der Waals surface area contributed by atoms with Gasteiger partial charge < -0.3 is 24.5 Å². The van der Waals surface area contributed by atoms with Crippen molar-refractivity contribution in [2.24, 2.45) is 0 Å². The Morgan fingerprint density at radius 1 is 1.27 bits per heavy atom. The Hall–Kier alpha value is -1.84. The SMILES string of the molecule is O=C([O-])[C@@H]1C[C@@H](O)CN1S(=O)(=O)c1ccc2c(c1)OCCO2. The molecule has 1 fully saturated rings. The average molecular weight is 328 g/mol. The van der Waals surface area contributed by atoms with Crippen LogP contribution < -0.4 is 14.6 Å². The summed E-state index contributed by atoms with van der Waals surface area (Å²) in [6, 6.07) is 2.69. The molecule has 0 amide bonds. The summed E-state index contributed by atoms with van der Waals surface area (Å²) in [5.41, 5.74) is 0. The first-order valence-electron chi connectivity index (χ1n) is 6.70. The Balaban J connectivity index is 1.97. The number of rotatable bonds is 3. The van der Waals surface area contributed by atoms with Crippen LogP contribution in [0, 0.1) is 0 Å². The van der Waals surface area contributed by atoms with Crippen molar-refractivity contribution in [2.45, 2.75) is 23.5 Å². The monoisotopic (exact) mass is 328 g/mol. The fourth-order valence-electron chi connectivity index (χ4n) is 2.58. The van der Waals surface area contributed by atoms with Gasteiger partial charge in [-0.15, -0.1) is 0 Å². The normalized spacial score (nSPS) is 25.1. The first kappa shape index (κ1) is 15.1. The van der Waals surface area contributed by atoms with Crippen molar-refractivity contribution in [1.82, 2.24) is 4.31 Å². The molecule has 2 aliphatic rings. The van der Waals surface area contributed by atoms with Crippen molar-refractivity contribution in [1.29, 1.82) is 0 Å². The van der Waals surface area contributed by atoms with E-state index in [1.165, 1.54) is 18.2 Å². The highest BCUT2D eigenvalue weighted by Crippen LogP contribution is 2.34. The molecule has 0 spiro atoms. The van der Waals surface area contributed by atoms with E-state index in [9.17, 15) is 23.4 Å². The van der Waals surface area contributed by atoms with Crippen LogP contribution in [0.2, 0.25) is 0 Å². The number of aliphatic hydroxyl groups excluding tert-OH is 1. The van der Waals surface area contributed by atoms with Crippen LogP contribution in [0.25, 0.3) is 0 Å². The number of hydrogen-bond acceptors (Lipinski definition) is 7. The van der Waals surface area contributed by atoms with Gasteiger partial charge in [0.1, 0.15) is 13.2 Å². The smallest absolute Gasteiger partial charge is 0.243 e. The Bertz CT molecular complexity index is 702. The molecule has 0 saturated carbocycles. The number of hydrogen-bond donors (Lipinski definition) is 1. The summed E-state index contributed by atoms with van der Waals surface area (Å²) < 4.78 is 36.6. The summed E-state index contributed by atoms with van der Waals surface area (Å²) in [5.74, 6) is -0.808. The van der Waals surface area contributed by atoms with Crippen molar-refractivity contribution < 1.29 is 32.9 Å². The predicted molar refractivity (Wildman–Crippen MR) is 70.7 cm³/mol. The first-order valence-corrected chi connectivity index (χ1v) is 8.14. The molecular weight excluding hydrogens is 314 g/mol. The number of carboxylic acid groups (broad SMARTS) is 1. The number of benzene rings is 1.